The van der Waals surface area contributed by atoms with E-state index in [1.54, 1.807) is 60.7 Å². The Morgan fingerprint density at radius 2 is 1.11 bits per heavy atom. The van der Waals surface area contributed by atoms with Gasteiger partial charge in [-0.1, -0.05) is 60.7 Å². The van der Waals surface area contributed by atoms with Gasteiger partial charge < -0.3 is 32.1 Å². The van der Waals surface area contributed by atoms with Gasteiger partial charge in [0, 0.05) is 0 Å². The van der Waals surface area contributed by atoms with Crippen LogP contribution in [0.5, 0.6) is 0 Å². The van der Waals surface area contributed by atoms with E-state index in [0.717, 1.165) is 0 Å². The molecule has 2 aromatic carbocycles. The van der Waals surface area contributed by atoms with E-state index < -0.39 is 42.7 Å². The van der Waals surface area contributed by atoms with Gasteiger partial charge >= 0.3 is 5.97 Å². The van der Waals surface area contributed by atoms with Crippen LogP contribution in [0.2, 0.25) is 0 Å². The average molecular weight is 479 g/mol. The van der Waals surface area contributed by atoms with Crippen molar-refractivity contribution in [2.45, 2.75) is 0 Å². The summed E-state index contributed by atoms with van der Waals surface area (Å²) >= 11 is 0. The number of benzene rings is 2. The summed E-state index contributed by atoms with van der Waals surface area (Å²) in [5.74, 6) is -4.19. The number of carbonyl (C=O) groups is 5. The molecule has 11 heteroatoms. The standard InChI is InChI=1S/C24H25N5O6/c25-13-20(30)28-18(11-16-7-3-1-4-8-16)23(34)26-14-21(31)29-19(24(35)27-15-22(32)33)12-17-9-5-2-6-10-17/h1-12H,13-15,25H2,(H,26,34)(H,27,35)(H,28,30)(H,29,31)(H,32,33)/b18-11-,19-12-. The zero-order chi connectivity index (χ0) is 25.6. The number of nitrogens with two attached hydrogens (primary N) is 1. The van der Waals surface area contributed by atoms with E-state index in [0.29, 0.717) is 11.1 Å². The average Bonchev–Trinajstić information content (AvgIpc) is 2.86. The number of aliphatic carboxylic acids is 1. The lowest BCUT2D eigenvalue weighted by Crippen LogP contribution is -2.43. The van der Waals surface area contributed by atoms with E-state index in [1.807, 2.05) is 0 Å². The number of amides is 4. The summed E-state index contributed by atoms with van der Waals surface area (Å²) in [6, 6.07) is 17.3. The highest BCUT2D eigenvalue weighted by atomic mass is 16.4. The Balaban J connectivity index is 2.11. The van der Waals surface area contributed by atoms with Gasteiger partial charge in [0.25, 0.3) is 11.8 Å². The summed E-state index contributed by atoms with van der Waals surface area (Å²) in [5.41, 5.74) is 6.18. The van der Waals surface area contributed by atoms with Crippen molar-refractivity contribution >= 4 is 41.8 Å². The van der Waals surface area contributed by atoms with Crippen LogP contribution in [0.4, 0.5) is 0 Å². The first-order valence-electron chi connectivity index (χ1n) is 10.4. The Bertz CT molecular complexity index is 1130. The number of carboxylic acids is 1. The number of rotatable bonds is 11. The zero-order valence-corrected chi connectivity index (χ0v) is 18.6. The smallest absolute Gasteiger partial charge is 0.322 e. The van der Waals surface area contributed by atoms with Crippen LogP contribution in [0, 0.1) is 0 Å². The Morgan fingerprint density at radius 1 is 0.686 bits per heavy atom. The molecule has 2 aromatic rings. The molecular formula is C24H25N5O6. The Kier molecular flexibility index (Phi) is 10.4. The van der Waals surface area contributed by atoms with Crippen LogP contribution in [0.25, 0.3) is 12.2 Å². The van der Waals surface area contributed by atoms with Crippen molar-refractivity contribution in [3.8, 4) is 0 Å². The van der Waals surface area contributed by atoms with E-state index in [-0.39, 0.29) is 17.9 Å². The minimum atomic E-state index is -1.26. The molecule has 0 aliphatic rings. The molecular weight excluding hydrogens is 454 g/mol. The van der Waals surface area contributed by atoms with Crippen LogP contribution < -0.4 is 27.0 Å². The van der Waals surface area contributed by atoms with Gasteiger partial charge in [-0.3, -0.25) is 24.0 Å². The fourth-order valence-electron chi connectivity index (χ4n) is 2.65. The molecule has 0 atom stereocenters. The number of carboxylic acid groups (broad SMARTS) is 1. The van der Waals surface area contributed by atoms with Crippen LogP contribution in [0.3, 0.4) is 0 Å². The molecule has 0 saturated heterocycles. The van der Waals surface area contributed by atoms with Gasteiger partial charge in [0.1, 0.15) is 17.9 Å². The van der Waals surface area contributed by atoms with Gasteiger partial charge in [0.2, 0.25) is 11.8 Å². The lowest BCUT2D eigenvalue weighted by atomic mass is 10.2. The highest BCUT2D eigenvalue weighted by Crippen LogP contribution is 2.06. The molecule has 11 nitrogen and oxygen atoms in total. The van der Waals surface area contributed by atoms with E-state index in [4.69, 9.17) is 10.8 Å². The third-order valence-electron chi connectivity index (χ3n) is 4.25. The lowest BCUT2D eigenvalue weighted by molar-refractivity contribution is -0.137. The molecule has 35 heavy (non-hydrogen) atoms. The van der Waals surface area contributed by atoms with Crippen LogP contribution in [0.15, 0.2) is 72.1 Å². The third-order valence-corrected chi connectivity index (χ3v) is 4.25. The minimum absolute atomic E-state index is 0.126. The van der Waals surface area contributed by atoms with Crippen molar-refractivity contribution in [3.63, 3.8) is 0 Å². The molecule has 0 spiro atoms. The summed E-state index contributed by atoms with van der Waals surface area (Å²) in [4.78, 5) is 59.9. The predicted molar refractivity (Wildman–Crippen MR) is 128 cm³/mol. The van der Waals surface area contributed by atoms with E-state index in [2.05, 4.69) is 21.3 Å². The van der Waals surface area contributed by atoms with Crippen LogP contribution in [0.1, 0.15) is 11.1 Å². The maximum absolute atomic E-state index is 12.6. The number of carbonyl (C=O) groups excluding carboxylic acids is 4. The number of hydrogen-bond acceptors (Lipinski definition) is 6. The van der Waals surface area contributed by atoms with Crippen molar-refractivity contribution in [2.75, 3.05) is 19.6 Å². The topological polar surface area (TPSA) is 180 Å². The van der Waals surface area contributed by atoms with E-state index >= 15 is 0 Å². The van der Waals surface area contributed by atoms with Gasteiger partial charge in [0.15, 0.2) is 0 Å². The molecule has 0 heterocycles. The molecule has 0 fully saturated rings. The van der Waals surface area contributed by atoms with Crippen LogP contribution >= 0.6 is 0 Å². The minimum Gasteiger partial charge on any atom is -0.480 e. The summed E-state index contributed by atoms with van der Waals surface area (Å²) in [6.07, 6.45) is 2.78. The van der Waals surface area contributed by atoms with Gasteiger partial charge in [0.05, 0.1) is 13.1 Å². The monoisotopic (exact) mass is 479 g/mol. The predicted octanol–water partition coefficient (Wildman–Crippen LogP) is -0.423. The first-order chi connectivity index (χ1) is 16.8. The van der Waals surface area contributed by atoms with E-state index in [1.165, 1.54) is 12.2 Å². The normalized spacial score (nSPS) is 11.2. The second-order valence-corrected chi connectivity index (χ2v) is 7.00. The van der Waals surface area contributed by atoms with E-state index in [9.17, 15) is 24.0 Å². The maximum Gasteiger partial charge on any atom is 0.322 e. The maximum atomic E-state index is 12.6. The molecule has 0 unspecified atom stereocenters. The zero-order valence-electron chi connectivity index (χ0n) is 18.6. The largest absolute Gasteiger partial charge is 0.480 e. The van der Waals surface area contributed by atoms with Crippen LogP contribution in [-0.2, 0) is 24.0 Å². The highest BCUT2D eigenvalue weighted by molar-refractivity contribution is 6.05. The molecule has 0 radical (unpaired) electrons. The molecule has 2 rings (SSSR count). The quantitative estimate of drug-likeness (QED) is 0.237. The molecule has 182 valence electrons. The Hall–Kier alpha value is -4.77. The molecule has 0 saturated carbocycles. The van der Waals surface area contributed by atoms with Crippen molar-refractivity contribution in [2.24, 2.45) is 5.73 Å². The van der Waals surface area contributed by atoms with Gasteiger partial charge in [-0.15, -0.1) is 0 Å². The van der Waals surface area contributed by atoms with Crippen molar-refractivity contribution in [1.29, 1.82) is 0 Å². The van der Waals surface area contributed by atoms with Gasteiger partial charge in [-0.2, -0.15) is 0 Å². The SMILES string of the molecule is NCC(=O)N/C(=C\c1ccccc1)C(=O)NCC(=O)N/C(=C\c1ccccc1)C(=O)NCC(=O)O. The second-order valence-electron chi connectivity index (χ2n) is 7.00. The highest BCUT2D eigenvalue weighted by Gasteiger charge is 2.17. The first kappa shape index (κ1) is 26.5. The summed E-state index contributed by atoms with van der Waals surface area (Å²) < 4.78 is 0. The van der Waals surface area contributed by atoms with Crippen molar-refractivity contribution in [3.05, 3.63) is 83.2 Å². The summed E-state index contributed by atoms with van der Waals surface area (Å²) in [6.45, 7) is -1.53. The Labute approximate surface area is 201 Å². The molecule has 7 N–H and O–H groups in total. The van der Waals surface area contributed by atoms with Crippen molar-refractivity contribution < 1.29 is 29.1 Å². The second kappa shape index (κ2) is 13.7. The van der Waals surface area contributed by atoms with Crippen molar-refractivity contribution in [1.82, 2.24) is 21.3 Å². The summed E-state index contributed by atoms with van der Waals surface area (Å²) in [5, 5.41) is 18.1. The number of nitrogens with one attached hydrogen (secondary N) is 4. The fraction of sp³-hybridized carbons (Fsp3) is 0.125. The van der Waals surface area contributed by atoms with Gasteiger partial charge in [-0.05, 0) is 23.3 Å². The fourth-order valence-corrected chi connectivity index (χ4v) is 2.65. The molecule has 0 bridgehead atoms. The third kappa shape index (κ3) is 9.72. The number of hydrogen-bond donors (Lipinski definition) is 6. The first-order valence-corrected chi connectivity index (χ1v) is 10.4. The lowest BCUT2D eigenvalue weighted by Gasteiger charge is -2.12. The molecule has 0 aromatic heterocycles. The van der Waals surface area contributed by atoms with Crippen LogP contribution in [-0.4, -0.2) is 54.3 Å². The van der Waals surface area contributed by atoms with Gasteiger partial charge in [-0.25, -0.2) is 0 Å². The Morgan fingerprint density at radius 3 is 1.54 bits per heavy atom. The molecule has 0 aliphatic carbocycles. The molecule has 0 aliphatic heterocycles. The summed E-state index contributed by atoms with van der Waals surface area (Å²) in [7, 11) is 0. The molecule has 4 amide bonds.